The summed E-state index contributed by atoms with van der Waals surface area (Å²) in [4.78, 5) is 27.9. The molecule has 116 valence electrons. The van der Waals surface area contributed by atoms with Crippen molar-refractivity contribution in [2.24, 2.45) is 0 Å². The third-order valence-electron chi connectivity index (χ3n) is 2.86. The second-order valence-corrected chi connectivity index (χ2v) is 4.93. The topological polar surface area (TPSA) is 96.4 Å². The lowest BCUT2D eigenvalue weighted by atomic mass is 10.2. The van der Waals surface area contributed by atoms with Crippen LogP contribution in [0.5, 0.6) is 5.75 Å². The Morgan fingerprint density at radius 1 is 1.27 bits per heavy atom. The molecule has 7 nitrogen and oxygen atoms in total. The van der Waals surface area contributed by atoms with Crippen LogP contribution in [0.2, 0.25) is 10.0 Å². The highest BCUT2D eigenvalue weighted by atomic mass is 35.5. The molecule has 0 fully saturated rings. The summed E-state index contributed by atoms with van der Waals surface area (Å²) in [5.41, 5.74) is 4.58. The van der Waals surface area contributed by atoms with E-state index in [1.54, 1.807) is 0 Å². The lowest BCUT2D eigenvalue weighted by Gasteiger charge is -2.13. The van der Waals surface area contributed by atoms with Crippen molar-refractivity contribution >= 4 is 35.0 Å². The van der Waals surface area contributed by atoms with E-state index in [4.69, 9.17) is 33.7 Å². The predicted molar refractivity (Wildman–Crippen MR) is 82.2 cm³/mol. The number of halogens is 2. The highest BCUT2D eigenvalue weighted by molar-refractivity contribution is 6.38. The van der Waals surface area contributed by atoms with Crippen LogP contribution in [-0.4, -0.2) is 29.7 Å². The fourth-order valence-electron chi connectivity index (χ4n) is 1.81. The van der Waals surface area contributed by atoms with Crippen LogP contribution in [0.25, 0.3) is 5.69 Å². The van der Waals surface area contributed by atoms with E-state index in [1.165, 1.54) is 19.2 Å². The van der Waals surface area contributed by atoms with Crippen molar-refractivity contribution in [3.05, 3.63) is 44.4 Å². The Balaban J connectivity index is 2.75. The standard InChI is InChI=1S/C13H11Cl2N3O4/c1-21-6-3-7(14)10(8(15)4-6)18-5-17-11(16)9(12(18)19)13(20)22-2/h3-5H,16H2,1-2H3. The van der Waals surface area contributed by atoms with Crippen molar-refractivity contribution in [3.63, 3.8) is 0 Å². The molecule has 0 atom stereocenters. The van der Waals surface area contributed by atoms with Crippen LogP contribution in [0.4, 0.5) is 5.82 Å². The summed E-state index contributed by atoms with van der Waals surface area (Å²) in [6.45, 7) is 0. The maximum Gasteiger partial charge on any atom is 0.347 e. The highest BCUT2D eigenvalue weighted by Crippen LogP contribution is 2.32. The Labute approximate surface area is 135 Å². The largest absolute Gasteiger partial charge is 0.497 e. The van der Waals surface area contributed by atoms with E-state index in [2.05, 4.69) is 9.72 Å². The van der Waals surface area contributed by atoms with Gasteiger partial charge in [-0.3, -0.25) is 9.36 Å². The van der Waals surface area contributed by atoms with Gasteiger partial charge in [0.25, 0.3) is 5.56 Å². The van der Waals surface area contributed by atoms with E-state index >= 15 is 0 Å². The fourth-order valence-corrected chi connectivity index (χ4v) is 2.46. The van der Waals surface area contributed by atoms with Gasteiger partial charge in [-0.2, -0.15) is 0 Å². The first-order chi connectivity index (χ1) is 10.4. The Bertz CT molecular complexity index is 781. The summed E-state index contributed by atoms with van der Waals surface area (Å²) < 4.78 is 10.6. The zero-order valence-electron chi connectivity index (χ0n) is 11.6. The third kappa shape index (κ3) is 2.72. The summed E-state index contributed by atoms with van der Waals surface area (Å²) in [6, 6.07) is 2.95. The zero-order valence-corrected chi connectivity index (χ0v) is 13.1. The van der Waals surface area contributed by atoms with E-state index in [-0.39, 0.29) is 21.6 Å². The van der Waals surface area contributed by atoms with Gasteiger partial charge in [0, 0.05) is 12.1 Å². The van der Waals surface area contributed by atoms with Crippen LogP contribution in [0.1, 0.15) is 10.4 Å². The molecule has 2 aromatic rings. The van der Waals surface area contributed by atoms with Gasteiger partial charge in [0.2, 0.25) is 0 Å². The first-order valence-electron chi connectivity index (χ1n) is 5.89. The number of ether oxygens (including phenoxy) is 2. The molecule has 0 aliphatic carbocycles. The summed E-state index contributed by atoms with van der Waals surface area (Å²) in [7, 11) is 2.58. The average molecular weight is 344 g/mol. The molecule has 0 unspecified atom stereocenters. The molecule has 9 heteroatoms. The van der Waals surface area contributed by atoms with Crippen molar-refractivity contribution in [2.75, 3.05) is 20.0 Å². The number of nitrogen functional groups attached to an aromatic ring is 1. The smallest absolute Gasteiger partial charge is 0.347 e. The van der Waals surface area contributed by atoms with Gasteiger partial charge in [0.05, 0.1) is 30.0 Å². The summed E-state index contributed by atoms with van der Waals surface area (Å²) in [5.74, 6) is -0.720. The van der Waals surface area contributed by atoms with Crippen molar-refractivity contribution in [1.82, 2.24) is 9.55 Å². The van der Waals surface area contributed by atoms with Crippen LogP contribution in [0.15, 0.2) is 23.3 Å². The van der Waals surface area contributed by atoms with E-state index < -0.39 is 17.1 Å². The van der Waals surface area contributed by atoms with Gasteiger partial charge in [0.1, 0.15) is 17.9 Å². The van der Waals surface area contributed by atoms with Crippen LogP contribution >= 0.6 is 23.2 Å². The highest BCUT2D eigenvalue weighted by Gasteiger charge is 2.21. The lowest BCUT2D eigenvalue weighted by Crippen LogP contribution is -2.28. The minimum atomic E-state index is -0.898. The van der Waals surface area contributed by atoms with Crippen molar-refractivity contribution in [1.29, 1.82) is 0 Å². The number of carbonyl (C=O) groups excluding carboxylic acids is 1. The summed E-state index contributed by atoms with van der Waals surface area (Å²) in [6.07, 6.45) is 1.13. The molecule has 0 aliphatic rings. The van der Waals surface area contributed by atoms with Gasteiger partial charge < -0.3 is 15.2 Å². The molecular weight excluding hydrogens is 333 g/mol. The number of carbonyl (C=O) groups is 1. The molecule has 0 spiro atoms. The van der Waals surface area contributed by atoms with Crippen LogP contribution < -0.4 is 16.0 Å². The number of aromatic nitrogens is 2. The number of methoxy groups -OCH3 is 2. The monoisotopic (exact) mass is 343 g/mol. The van der Waals surface area contributed by atoms with Crippen molar-refractivity contribution < 1.29 is 14.3 Å². The lowest BCUT2D eigenvalue weighted by molar-refractivity contribution is 0.0599. The van der Waals surface area contributed by atoms with Crippen LogP contribution in [-0.2, 0) is 4.74 Å². The second-order valence-electron chi connectivity index (χ2n) is 4.11. The molecule has 0 saturated heterocycles. The van der Waals surface area contributed by atoms with E-state index in [0.717, 1.165) is 18.0 Å². The molecular formula is C13H11Cl2N3O4. The maximum atomic E-state index is 12.4. The summed E-state index contributed by atoms with van der Waals surface area (Å²) in [5, 5.41) is 0.294. The Morgan fingerprint density at radius 3 is 2.36 bits per heavy atom. The number of hydrogen-bond acceptors (Lipinski definition) is 6. The molecule has 2 N–H and O–H groups in total. The third-order valence-corrected chi connectivity index (χ3v) is 3.43. The van der Waals surface area contributed by atoms with E-state index in [1.807, 2.05) is 0 Å². The minimum absolute atomic E-state index is 0.147. The quantitative estimate of drug-likeness (QED) is 0.855. The fraction of sp³-hybridized carbons (Fsp3) is 0.154. The number of nitrogens with zero attached hydrogens (tertiary/aromatic N) is 2. The number of anilines is 1. The van der Waals surface area contributed by atoms with Gasteiger partial charge >= 0.3 is 5.97 Å². The summed E-state index contributed by atoms with van der Waals surface area (Å²) >= 11 is 12.3. The molecule has 0 radical (unpaired) electrons. The molecule has 22 heavy (non-hydrogen) atoms. The molecule has 2 rings (SSSR count). The first kappa shape index (κ1) is 16.1. The Hall–Kier alpha value is -2.25. The van der Waals surface area contributed by atoms with Gasteiger partial charge in [-0.05, 0) is 0 Å². The van der Waals surface area contributed by atoms with E-state index in [9.17, 15) is 9.59 Å². The van der Waals surface area contributed by atoms with Crippen LogP contribution in [0.3, 0.4) is 0 Å². The van der Waals surface area contributed by atoms with Gasteiger partial charge in [-0.1, -0.05) is 23.2 Å². The minimum Gasteiger partial charge on any atom is -0.497 e. The van der Waals surface area contributed by atoms with Gasteiger partial charge in [0.15, 0.2) is 5.56 Å². The molecule has 0 bridgehead atoms. The first-order valence-corrected chi connectivity index (χ1v) is 6.65. The SMILES string of the molecule is COC(=O)c1c(N)ncn(-c2c(Cl)cc(OC)cc2Cl)c1=O. The zero-order chi connectivity index (χ0) is 16.4. The number of benzene rings is 1. The van der Waals surface area contributed by atoms with Crippen molar-refractivity contribution in [3.8, 4) is 11.4 Å². The Kier molecular flexibility index (Phi) is 4.58. The van der Waals surface area contributed by atoms with Gasteiger partial charge in [-0.25, -0.2) is 9.78 Å². The number of esters is 1. The van der Waals surface area contributed by atoms with Crippen molar-refractivity contribution in [2.45, 2.75) is 0 Å². The maximum absolute atomic E-state index is 12.4. The molecule has 0 amide bonds. The predicted octanol–water partition coefficient (Wildman–Crippen LogP) is 1.92. The molecule has 0 saturated carbocycles. The van der Waals surface area contributed by atoms with Crippen LogP contribution in [0, 0.1) is 0 Å². The number of nitrogens with two attached hydrogens (primary N) is 1. The number of hydrogen-bond donors (Lipinski definition) is 1. The molecule has 0 aliphatic heterocycles. The number of rotatable bonds is 3. The molecule has 1 heterocycles. The molecule has 1 aromatic heterocycles. The Morgan fingerprint density at radius 2 is 1.86 bits per heavy atom. The van der Waals surface area contributed by atoms with Gasteiger partial charge in [-0.15, -0.1) is 0 Å². The second kappa shape index (κ2) is 6.25. The van der Waals surface area contributed by atoms with E-state index in [0.29, 0.717) is 5.75 Å². The average Bonchev–Trinajstić information content (AvgIpc) is 2.48. The molecule has 1 aromatic carbocycles. The normalized spacial score (nSPS) is 10.4.